The standard InChI is InChI=1S/C20H22FN3O3S/c1-4-24-19(13-22-20(24)27-17-10-8-14(2)9-11-17)15(3)23-28(25,26)18-7-5-6-16(21)12-18/h5-13,15,23H,4H2,1-3H3. The Balaban J connectivity index is 1.83. The van der Waals surface area contributed by atoms with Gasteiger partial charge >= 0.3 is 6.01 Å². The van der Waals surface area contributed by atoms with Gasteiger partial charge in [0.15, 0.2) is 0 Å². The first kappa shape index (κ1) is 20.0. The molecule has 148 valence electrons. The van der Waals surface area contributed by atoms with Crippen molar-refractivity contribution in [3.8, 4) is 11.8 Å². The van der Waals surface area contributed by atoms with E-state index in [9.17, 15) is 12.8 Å². The van der Waals surface area contributed by atoms with Gasteiger partial charge in [0.05, 0.1) is 22.8 Å². The first-order chi connectivity index (χ1) is 13.3. The Kier molecular flexibility index (Phi) is 5.81. The van der Waals surface area contributed by atoms with E-state index in [1.165, 1.54) is 18.2 Å². The number of rotatable bonds is 7. The monoisotopic (exact) mass is 403 g/mol. The van der Waals surface area contributed by atoms with Gasteiger partial charge in [-0.15, -0.1) is 0 Å². The van der Waals surface area contributed by atoms with Crippen LogP contribution >= 0.6 is 0 Å². The molecule has 0 amide bonds. The van der Waals surface area contributed by atoms with Gasteiger partial charge in [-0.3, -0.25) is 4.57 Å². The average molecular weight is 403 g/mol. The molecule has 28 heavy (non-hydrogen) atoms. The van der Waals surface area contributed by atoms with Crippen molar-refractivity contribution in [1.82, 2.24) is 14.3 Å². The van der Waals surface area contributed by atoms with Crippen molar-refractivity contribution in [1.29, 1.82) is 0 Å². The highest BCUT2D eigenvalue weighted by molar-refractivity contribution is 7.89. The molecule has 8 heteroatoms. The van der Waals surface area contributed by atoms with Gasteiger partial charge in [0, 0.05) is 6.54 Å². The summed E-state index contributed by atoms with van der Waals surface area (Å²) in [5, 5.41) is 0. The SMILES string of the molecule is CCn1c(C(C)NS(=O)(=O)c2cccc(F)c2)cnc1Oc1ccc(C)cc1. The maximum Gasteiger partial charge on any atom is 0.302 e. The number of sulfonamides is 1. The number of aromatic nitrogens is 2. The molecule has 0 aliphatic heterocycles. The molecule has 3 rings (SSSR count). The van der Waals surface area contributed by atoms with Crippen LogP contribution in [0.15, 0.2) is 59.6 Å². The van der Waals surface area contributed by atoms with Crippen LogP contribution in [0.3, 0.4) is 0 Å². The highest BCUT2D eigenvalue weighted by Crippen LogP contribution is 2.26. The highest BCUT2D eigenvalue weighted by atomic mass is 32.2. The van der Waals surface area contributed by atoms with E-state index in [1.807, 2.05) is 38.1 Å². The molecule has 0 fully saturated rings. The second kappa shape index (κ2) is 8.12. The Hall–Kier alpha value is -2.71. The van der Waals surface area contributed by atoms with E-state index in [0.29, 0.717) is 24.0 Å². The van der Waals surface area contributed by atoms with Crippen molar-refractivity contribution in [3.05, 3.63) is 71.8 Å². The van der Waals surface area contributed by atoms with Gasteiger partial charge in [0.2, 0.25) is 10.0 Å². The Morgan fingerprint density at radius 1 is 1.21 bits per heavy atom. The Labute approximate surface area is 164 Å². The fraction of sp³-hybridized carbons (Fsp3) is 0.250. The summed E-state index contributed by atoms with van der Waals surface area (Å²) in [4.78, 5) is 4.16. The summed E-state index contributed by atoms with van der Waals surface area (Å²) in [6.07, 6.45) is 1.58. The van der Waals surface area contributed by atoms with Crippen LogP contribution in [0.2, 0.25) is 0 Å². The normalized spacial score (nSPS) is 12.7. The average Bonchev–Trinajstić information content (AvgIpc) is 3.06. The van der Waals surface area contributed by atoms with Gasteiger partial charge < -0.3 is 4.74 Å². The quantitative estimate of drug-likeness (QED) is 0.642. The first-order valence-corrected chi connectivity index (χ1v) is 10.4. The molecule has 1 atom stereocenters. The third-order valence-corrected chi connectivity index (χ3v) is 5.82. The third kappa shape index (κ3) is 4.40. The van der Waals surface area contributed by atoms with Gasteiger partial charge in [-0.25, -0.2) is 22.5 Å². The van der Waals surface area contributed by atoms with E-state index in [1.54, 1.807) is 17.7 Å². The Morgan fingerprint density at radius 3 is 2.57 bits per heavy atom. The van der Waals surface area contributed by atoms with Crippen LogP contribution < -0.4 is 9.46 Å². The van der Waals surface area contributed by atoms with Gasteiger partial charge in [-0.2, -0.15) is 0 Å². The number of hydrogen-bond acceptors (Lipinski definition) is 4. The topological polar surface area (TPSA) is 73.2 Å². The molecule has 3 aromatic rings. The summed E-state index contributed by atoms with van der Waals surface area (Å²) in [7, 11) is -3.88. The molecule has 6 nitrogen and oxygen atoms in total. The maximum atomic E-state index is 13.4. The molecule has 0 bridgehead atoms. The van der Waals surface area contributed by atoms with Crippen molar-refractivity contribution >= 4 is 10.0 Å². The number of halogens is 1. The van der Waals surface area contributed by atoms with Crippen LogP contribution in [0.4, 0.5) is 4.39 Å². The predicted octanol–water partition coefficient (Wildman–Crippen LogP) is 4.18. The van der Waals surface area contributed by atoms with E-state index in [-0.39, 0.29) is 4.90 Å². The zero-order chi connectivity index (χ0) is 20.3. The summed E-state index contributed by atoms with van der Waals surface area (Å²) in [5.41, 5.74) is 1.76. The number of ether oxygens (including phenoxy) is 1. The minimum absolute atomic E-state index is 0.127. The molecular formula is C20H22FN3O3S. The van der Waals surface area contributed by atoms with E-state index in [0.717, 1.165) is 11.6 Å². The summed E-state index contributed by atoms with van der Waals surface area (Å²) in [6.45, 7) is 6.15. The molecule has 0 radical (unpaired) electrons. The van der Waals surface area contributed by atoms with E-state index < -0.39 is 21.9 Å². The lowest BCUT2D eigenvalue weighted by Crippen LogP contribution is -2.28. The van der Waals surface area contributed by atoms with Crippen molar-refractivity contribution in [2.45, 2.75) is 38.3 Å². The molecule has 0 spiro atoms. The van der Waals surface area contributed by atoms with Crippen LogP contribution in [0.1, 0.15) is 31.1 Å². The van der Waals surface area contributed by atoms with E-state index >= 15 is 0 Å². The largest absolute Gasteiger partial charge is 0.426 e. The van der Waals surface area contributed by atoms with Crippen LogP contribution in [0.25, 0.3) is 0 Å². The molecule has 1 N–H and O–H groups in total. The molecule has 1 unspecified atom stereocenters. The maximum absolute atomic E-state index is 13.4. The molecule has 2 aromatic carbocycles. The lowest BCUT2D eigenvalue weighted by atomic mass is 10.2. The summed E-state index contributed by atoms with van der Waals surface area (Å²) in [5.74, 6) is 0.0355. The minimum atomic E-state index is -3.88. The first-order valence-electron chi connectivity index (χ1n) is 8.88. The molecule has 0 saturated heterocycles. The number of imidazole rings is 1. The van der Waals surface area contributed by atoms with Crippen LogP contribution in [0.5, 0.6) is 11.8 Å². The second-order valence-electron chi connectivity index (χ2n) is 6.43. The summed E-state index contributed by atoms with van der Waals surface area (Å²) >= 11 is 0. The highest BCUT2D eigenvalue weighted by Gasteiger charge is 2.23. The Morgan fingerprint density at radius 2 is 1.93 bits per heavy atom. The number of aryl methyl sites for hydroxylation is 1. The number of nitrogens with zero attached hydrogens (tertiary/aromatic N) is 2. The van der Waals surface area contributed by atoms with Crippen LogP contribution in [0, 0.1) is 12.7 Å². The second-order valence-corrected chi connectivity index (χ2v) is 8.14. The number of nitrogens with one attached hydrogen (secondary N) is 1. The molecule has 0 aliphatic carbocycles. The number of benzene rings is 2. The Bertz CT molecular complexity index is 1060. The molecular weight excluding hydrogens is 381 g/mol. The van der Waals surface area contributed by atoms with Crippen LogP contribution in [-0.4, -0.2) is 18.0 Å². The third-order valence-electron chi connectivity index (χ3n) is 4.28. The lowest BCUT2D eigenvalue weighted by molar-refractivity contribution is 0.408. The number of hydrogen-bond donors (Lipinski definition) is 1. The van der Waals surface area contributed by atoms with E-state index in [2.05, 4.69) is 9.71 Å². The molecule has 0 saturated carbocycles. The zero-order valence-corrected chi connectivity index (χ0v) is 16.7. The van der Waals surface area contributed by atoms with Gasteiger partial charge in [0.25, 0.3) is 0 Å². The van der Waals surface area contributed by atoms with Crippen LogP contribution in [-0.2, 0) is 16.6 Å². The molecule has 1 heterocycles. The van der Waals surface area contributed by atoms with Gasteiger partial charge in [-0.1, -0.05) is 23.8 Å². The van der Waals surface area contributed by atoms with E-state index in [4.69, 9.17) is 4.74 Å². The molecule has 1 aromatic heterocycles. The van der Waals surface area contributed by atoms with Crippen molar-refractivity contribution in [2.75, 3.05) is 0 Å². The van der Waals surface area contributed by atoms with Crippen molar-refractivity contribution in [3.63, 3.8) is 0 Å². The summed E-state index contributed by atoms with van der Waals surface area (Å²) in [6, 6.07) is 12.2. The minimum Gasteiger partial charge on any atom is -0.426 e. The smallest absolute Gasteiger partial charge is 0.302 e. The lowest BCUT2D eigenvalue weighted by Gasteiger charge is -2.17. The zero-order valence-electron chi connectivity index (χ0n) is 15.9. The summed E-state index contributed by atoms with van der Waals surface area (Å²) < 4.78 is 48.7. The molecule has 0 aliphatic rings. The van der Waals surface area contributed by atoms with Gasteiger partial charge in [-0.05, 0) is 51.1 Å². The fourth-order valence-electron chi connectivity index (χ4n) is 2.82. The van der Waals surface area contributed by atoms with Crippen molar-refractivity contribution in [2.24, 2.45) is 0 Å². The fourth-order valence-corrected chi connectivity index (χ4v) is 4.07. The van der Waals surface area contributed by atoms with Crippen molar-refractivity contribution < 1.29 is 17.5 Å². The predicted molar refractivity (Wildman–Crippen MR) is 104 cm³/mol. The van der Waals surface area contributed by atoms with Gasteiger partial charge in [0.1, 0.15) is 11.6 Å².